The second-order valence-electron chi connectivity index (χ2n) is 4.08. The summed E-state index contributed by atoms with van der Waals surface area (Å²) in [7, 11) is 0. The summed E-state index contributed by atoms with van der Waals surface area (Å²) >= 11 is 0. The van der Waals surface area contributed by atoms with E-state index in [0.29, 0.717) is 5.69 Å². The Morgan fingerprint density at radius 3 is 2.74 bits per heavy atom. The Morgan fingerprint density at radius 2 is 1.95 bits per heavy atom. The molecule has 2 aromatic carbocycles. The Balaban J connectivity index is 2.33. The third kappa shape index (κ3) is 1.70. The summed E-state index contributed by atoms with van der Waals surface area (Å²) in [6.45, 7) is 0. The fraction of sp³-hybridized carbons (Fsp3) is 0. The number of nitrogens with zero attached hydrogens (tertiary/aromatic N) is 3. The van der Waals surface area contributed by atoms with Gasteiger partial charge in [0.25, 0.3) is 0 Å². The van der Waals surface area contributed by atoms with E-state index in [2.05, 4.69) is 4.98 Å². The van der Waals surface area contributed by atoms with Gasteiger partial charge in [-0.1, -0.05) is 18.2 Å². The number of anilines is 1. The van der Waals surface area contributed by atoms with Gasteiger partial charge in [-0.25, -0.2) is 4.98 Å². The number of rotatable bonds is 2. The second kappa shape index (κ2) is 4.09. The van der Waals surface area contributed by atoms with Crippen LogP contribution in [0.4, 0.5) is 11.4 Å². The summed E-state index contributed by atoms with van der Waals surface area (Å²) in [6.07, 6.45) is 1.56. The van der Waals surface area contributed by atoms with E-state index < -0.39 is 4.92 Å². The van der Waals surface area contributed by atoms with Crippen molar-refractivity contribution in [2.45, 2.75) is 0 Å². The monoisotopic (exact) mass is 254 g/mol. The van der Waals surface area contributed by atoms with Crippen molar-refractivity contribution in [2.24, 2.45) is 0 Å². The van der Waals surface area contributed by atoms with Crippen LogP contribution in [0.1, 0.15) is 0 Å². The molecule has 0 unspecified atom stereocenters. The molecule has 1 aromatic heterocycles. The van der Waals surface area contributed by atoms with Gasteiger partial charge in [0.2, 0.25) is 0 Å². The van der Waals surface area contributed by atoms with Gasteiger partial charge in [0, 0.05) is 0 Å². The van der Waals surface area contributed by atoms with Crippen LogP contribution < -0.4 is 5.73 Å². The van der Waals surface area contributed by atoms with Gasteiger partial charge < -0.3 is 5.73 Å². The third-order valence-corrected chi connectivity index (χ3v) is 2.94. The van der Waals surface area contributed by atoms with Crippen molar-refractivity contribution in [1.29, 1.82) is 0 Å². The SMILES string of the molecule is Nc1cccc(-n2cnc3ccccc32)c1[N+](=O)[O-]. The first-order valence-corrected chi connectivity index (χ1v) is 5.64. The lowest BCUT2D eigenvalue weighted by Crippen LogP contribution is -2.02. The highest BCUT2D eigenvalue weighted by Gasteiger charge is 2.20. The highest BCUT2D eigenvalue weighted by Crippen LogP contribution is 2.31. The van der Waals surface area contributed by atoms with Gasteiger partial charge >= 0.3 is 5.69 Å². The molecule has 0 amide bonds. The van der Waals surface area contributed by atoms with E-state index in [1.54, 1.807) is 23.0 Å². The maximum Gasteiger partial charge on any atom is 0.315 e. The van der Waals surface area contributed by atoms with Gasteiger partial charge in [-0.2, -0.15) is 0 Å². The predicted molar refractivity (Wildman–Crippen MR) is 72.1 cm³/mol. The van der Waals surface area contributed by atoms with Gasteiger partial charge in [0.15, 0.2) is 0 Å². The molecular formula is C13H10N4O2. The number of hydrogen-bond donors (Lipinski definition) is 1. The molecule has 94 valence electrons. The van der Waals surface area contributed by atoms with Crippen LogP contribution in [0.25, 0.3) is 16.7 Å². The highest BCUT2D eigenvalue weighted by molar-refractivity contribution is 5.80. The van der Waals surface area contributed by atoms with Crippen LogP contribution in [0.5, 0.6) is 0 Å². The molecule has 2 N–H and O–H groups in total. The minimum absolute atomic E-state index is 0.106. The number of imidazole rings is 1. The van der Waals surface area contributed by atoms with E-state index in [-0.39, 0.29) is 11.4 Å². The molecule has 0 fully saturated rings. The first-order valence-electron chi connectivity index (χ1n) is 5.64. The van der Waals surface area contributed by atoms with Crippen LogP contribution in [0.15, 0.2) is 48.8 Å². The van der Waals surface area contributed by atoms with Gasteiger partial charge in [0.1, 0.15) is 17.7 Å². The zero-order chi connectivity index (χ0) is 13.4. The largest absolute Gasteiger partial charge is 0.393 e. The van der Waals surface area contributed by atoms with Crippen LogP contribution in [-0.4, -0.2) is 14.5 Å². The second-order valence-corrected chi connectivity index (χ2v) is 4.08. The maximum atomic E-state index is 11.2. The fourth-order valence-electron chi connectivity index (χ4n) is 2.09. The zero-order valence-corrected chi connectivity index (χ0v) is 9.85. The number of nitrogen functional groups attached to an aromatic ring is 1. The van der Waals surface area contributed by atoms with E-state index in [9.17, 15) is 10.1 Å². The average molecular weight is 254 g/mol. The Kier molecular flexibility index (Phi) is 2.42. The Hall–Kier alpha value is -2.89. The van der Waals surface area contributed by atoms with Crippen molar-refractivity contribution >= 4 is 22.4 Å². The molecule has 19 heavy (non-hydrogen) atoms. The van der Waals surface area contributed by atoms with E-state index in [1.807, 2.05) is 24.3 Å². The molecule has 0 saturated heterocycles. The summed E-state index contributed by atoms with van der Waals surface area (Å²) < 4.78 is 1.67. The zero-order valence-electron chi connectivity index (χ0n) is 9.85. The first kappa shape index (κ1) is 11.2. The van der Waals surface area contributed by atoms with Crippen LogP contribution in [0, 0.1) is 10.1 Å². The molecule has 0 radical (unpaired) electrons. The predicted octanol–water partition coefficient (Wildman–Crippen LogP) is 2.52. The highest BCUT2D eigenvalue weighted by atomic mass is 16.6. The number of nitro benzene ring substituents is 1. The molecule has 0 atom stereocenters. The lowest BCUT2D eigenvalue weighted by atomic mass is 10.2. The summed E-state index contributed by atoms with van der Waals surface area (Å²) in [5, 5.41) is 11.2. The average Bonchev–Trinajstić information content (AvgIpc) is 2.81. The number of aromatic nitrogens is 2. The summed E-state index contributed by atoms with van der Waals surface area (Å²) in [5.41, 5.74) is 7.72. The minimum atomic E-state index is -0.473. The molecule has 0 aliphatic carbocycles. The number of hydrogen-bond acceptors (Lipinski definition) is 4. The Morgan fingerprint density at radius 1 is 1.16 bits per heavy atom. The van der Waals surface area contributed by atoms with Crippen LogP contribution in [0.3, 0.4) is 0 Å². The third-order valence-electron chi connectivity index (χ3n) is 2.94. The van der Waals surface area contributed by atoms with E-state index in [4.69, 9.17) is 5.73 Å². The van der Waals surface area contributed by atoms with Crippen molar-refractivity contribution in [3.05, 3.63) is 58.9 Å². The van der Waals surface area contributed by atoms with Gasteiger partial charge in [-0.05, 0) is 24.3 Å². The molecule has 3 aromatic rings. The quantitative estimate of drug-likeness (QED) is 0.432. The van der Waals surface area contributed by atoms with Gasteiger partial charge in [-0.3, -0.25) is 14.7 Å². The Labute approximate surface area is 108 Å². The minimum Gasteiger partial charge on any atom is -0.393 e. The lowest BCUT2D eigenvalue weighted by Gasteiger charge is -2.06. The summed E-state index contributed by atoms with van der Waals surface area (Å²) in [4.78, 5) is 14.9. The smallest absolute Gasteiger partial charge is 0.315 e. The molecule has 0 spiro atoms. The molecule has 0 saturated carbocycles. The molecule has 1 heterocycles. The van der Waals surface area contributed by atoms with Crippen molar-refractivity contribution in [3.63, 3.8) is 0 Å². The Bertz CT molecular complexity index is 779. The number of para-hydroxylation sites is 3. The molecule has 0 bridgehead atoms. The van der Waals surface area contributed by atoms with Crippen LogP contribution in [0.2, 0.25) is 0 Å². The van der Waals surface area contributed by atoms with Crippen molar-refractivity contribution in [1.82, 2.24) is 9.55 Å². The molecule has 6 nitrogen and oxygen atoms in total. The summed E-state index contributed by atoms with van der Waals surface area (Å²) in [6, 6.07) is 12.3. The first-order chi connectivity index (χ1) is 9.18. The number of nitrogens with two attached hydrogens (primary N) is 1. The van der Waals surface area contributed by atoms with Crippen LogP contribution >= 0.6 is 0 Å². The number of benzene rings is 2. The normalized spacial score (nSPS) is 10.7. The van der Waals surface area contributed by atoms with E-state index >= 15 is 0 Å². The van der Waals surface area contributed by atoms with Gasteiger partial charge in [-0.15, -0.1) is 0 Å². The van der Waals surface area contributed by atoms with E-state index in [0.717, 1.165) is 11.0 Å². The van der Waals surface area contributed by atoms with Gasteiger partial charge in [0.05, 0.1) is 16.0 Å². The van der Waals surface area contributed by atoms with E-state index in [1.165, 1.54) is 6.07 Å². The topological polar surface area (TPSA) is 87.0 Å². The standard InChI is InChI=1S/C13H10N4O2/c14-9-4-3-7-12(13(9)17(18)19)16-8-15-10-5-1-2-6-11(10)16/h1-8H,14H2. The molecule has 0 aliphatic heterocycles. The molecule has 6 heteroatoms. The van der Waals surface area contributed by atoms with Crippen molar-refractivity contribution in [3.8, 4) is 5.69 Å². The van der Waals surface area contributed by atoms with Crippen molar-refractivity contribution in [2.75, 3.05) is 5.73 Å². The van der Waals surface area contributed by atoms with Crippen LogP contribution in [-0.2, 0) is 0 Å². The number of nitro groups is 1. The fourth-order valence-corrected chi connectivity index (χ4v) is 2.09. The maximum absolute atomic E-state index is 11.2. The molecule has 3 rings (SSSR count). The number of fused-ring (bicyclic) bond motifs is 1. The lowest BCUT2D eigenvalue weighted by molar-refractivity contribution is -0.383. The van der Waals surface area contributed by atoms with Crippen molar-refractivity contribution < 1.29 is 4.92 Å². The molecular weight excluding hydrogens is 244 g/mol. The molecule has 0 aliphatic rings. The summed E-state index contributed by atoms with van der Waals surface area (Å²) in [5.74, 6) is 0.